The van der Waals surface area contributed by atoms with Gasteiger partial charge >= 0.3 is 0 Å². The predicted molar refractivity (Wildman–Crippen MR) is 76.0 cm³/mol. The van der Waals surface area contributed by atoms with Crippen molar-refractivity contribution >= 4 is 11.8 Å². The molecule has 1 unspecified atom stereocenters. The van der Waals surface area contributed by atoms with E-state index in [1.54, 1.807) is 6.07 Å². The molecule has 4 nitrogen and oxygen atoms in total. The van der Waals surface area contributed by atoms with E-state index >= 15 is 0 Å². The van der Waals surface area contributed by atoms with Crippen LogP contribution in [0.3, 0.4) is 0 Å². The number of benzene rings is 1. The first-order valence-electron chi connectivity index (χ1n) is 6.61. The average molecular weight is 262 g/mol. The SMILES string of the molecule is CCNC(=O)C(NC(=O)c1cccc(C)c1)C(C)C. The number of aryl methyl sites for hydroxylation is 1. The molecule has 1 rings (SSSR count). The molecule has 0 aliphatic carbocycles. The highest BCUT2D eigenvalue weighted by Gasteiger charge is 2.23. The highest BCUT2D eigenvalue weighted by Crippen LogP contribution is 2.07. The molecule has 0 heterocycles. The Morgan fingerprint density at radius 2 is 1.95 bits per heavy atom. The number of carbonyl (C=O) groups is 2. The molecule has 0 aromatic heterocycles. The number of carbonyl (C=O) groups excluding carboxylic acids is 2. The summed E-state index contributed by atoms with van der Waals surface area (Å²) in [7, 11) is 0. The Morgan fingerprint density at radius 3 is 2.47 bits per heavy atom. The summed E-state index contributed by atoms with van der Waals surface area (Å²) in [5.41, 5.74) is 1.60. The van der Waals surface area contributed by atoms with Gasteiger partial charge in [0.2, 0.25) is 5.91 Å². The number of rotatable bonds is 5. The van der Waals surface area contributed by atoms with Gasteiger partial charge in [-0.15, -0.1) is 0 Å². The summed E-state index contributed by atoms with van der Waals surface area (Å²) < 4.78 is 0. The lowest BCUT2D eigenvalue weighted by molar-refractivity contribution is -0.123. The number of nitrogens with one attached hydrogen (secondary N) is 2. The van der Waals surface area contributed by atoms with Gasteiger partial charge in [-0.05, 0) is 31.9 Å². The second-order valence-electron chi connectivity index (χ2n) is 4.96. The first-order valence-corrected chi connectivity index (χ1v) is 6.61. The first-order chi connectivity index (χ1) is 8.95. The van der Waals surface area contributed by atoms with Crippen molar-refractivity contribution in [3.8, 4) is 0 Å². The average Bonchev–Trinajstić information content (AvgIpc) is 2.35. The Balaban J connectivity index is 2.79. The molecule has 0 radical (unpaired) electrons. The zero-order valence-electron chi connectivity index (χ0n) is 12.0. The van der Waals surface area contributed by atoms with Gasteiger partial charge in [-0.1, -0.05) is 31.5 Å². The molecule has 19 heavy (non-hydrogen) atoms. The molecule has 0 saturated heterocycles. The summed E-state index contributed by atoms with van der Waals surface area (Å²) >= 11 is 0. The predicted octanol–water partition coefficient (Wildman–Crippen LogP) is 1.89. The van der Waals surface area contributed by atoms with E-state index in [2.05, 4.69) is 10.6 Å². The molecule has 1 aromatic carbocycles. The third-order valence-electron chi connectivity index (χ3n) is 2.87. The van der Waals surface area contributed by atoms with Gasteiger partial charge in [0.05, 0.1) is 0 Å². The highest BCUT2D eigenvalue weighted by molar-refractivity contribution is 5.97. The zero-order chi connectivity index (χ0) is 14.4. The smallest absolute Gasteiger partial charge is 0.251 e. The van der Waals surface area contributed by atoms with Crippen molar-refractivity contribution in [2.75, 3.05) is 6.54 Å². The molecule has 4 heteroatoms. The van der Waals surface area contributed by atoms with Crippen molar-refractivity contribution in [1.29, 1.82) is 0 Å². The van der Waals surface area contributed by atoms with Crippen LogP contribution in [0, 0.1) is 12.8 Å². The van der Waals surface area contributed by atoms with E-state index in [9.17, 15) is 9.59 Å². The summed E-state index contributed by atoms with van der Waals surface area (Å²) in [6.07, 6.45) is 0. The second kappa shape index (κ2) is 6.92. The van der Waals surface area contributed by atoms with Crippen LogP contribution in [0.15, 0.2) is 24.3 Å². The van der Waals surface area contributed by atoms with Gasteiger partial charge in [-0.25, -0.2) is 0 Å². The Bertz CT molecular complexity index is 455. The molecule has 1 aromatic rings. The Hall–Kier alpha value is -1.84. The van der Waals surface area contributed by atoms with Crippen molar-refractivity contribution in [3.63, 3.8) is 0 Å². The molecule has 2 N–H and O–H groups in total. The minimum atomic E-state index is -0.507. The van der Waals surface area contributed by atoms with Crippen LogP contribution in [0.4, 0.5) is 0 Å². The van der Waals surface area contributed by atoms with Gasteiger partial charge in [-0.2, -0.15) is 0 Å². The molecule has 0 spiro atoms. The standard InChI is InChI=1S/C15H22N2O2/c1-5-16-15(19)13(10(2)3)17-14(18)12-8-6-7-11(4)9-12/h6-10,13H,5H2,1-4H3,(H,16,19)(H,17,18). The van der Waals surface area contributed by atoms with Crippen LogP contribution >= 0.6 is 0 Å². The summed E-state index contributed by atoms with van der Waals surface area (Å²) in [6.45, 7) is 8.17. The fraction of sp³-hybridized carbons (Fsp3) is 0.467. The van der Waals surface area contributed by atoms with Crippen molar-refractivity contribution in [2.24, 2.45) is 5.92 Å². The normalized spacial score (nSPS) is 12.1. The quantitative estimate of drug-likeness (QED) is 0.851. The highest BCUT2D eigenvalue weighted by atomic mass is 16.2. The molecular weight excluding hydrogens is 240 g/mol. The minimum Gasteiger partial charge on any atom is -0.355 e. The first kappa shape index (κ1) is 15.2. The van der Waals surface area contributed by atoms with E-state index < -0.39 is 6.04 Å². The molecule has 1 atom stereocenters. The summed E-state index contributed by atoms with van der Waals surface area (Å²) in [4.78, 5) is 24.0. The van der Waals surface area contributed by atoms with E-state index in [1.807, 2.05) is 45.9 Å². The van der Waals surface area contributed by atoms with Crippen molar-refractivity contribution in [1.82, 2.24) is 10.6 Å². The van der Waals surface area contributed by atoms with Crippen LogP contribution in [0.1, 0.15) is 36.7 Å². The van der Waals surface area contributed by atoms with Gasteiger partial charge in [0, 0.05) is 12.1 Å². The maximum atomic E-state index is 12.1. The van der Waals surface area contributed by atoms with Crippen molar-refractivity contribution in [2.45, 2.75) is 33.7 Å². The van der Waals surface area contributed by atoms with E-state index in [0.29, 0.717) is 12.1 Å². The summed E-state index contributed by atoms with van der Waals surface area (Å²) in [5, 5.41) is 5.54. The number of hydrogen-bond donors (Lipinski definition) is 2. The van der Waals surface area contributed by atoms with Crippen molar-refractivity contribution < 1.29 is 9.59 Å². The van der Waals surface area contributed by atoms with Gasteiger partial charge in [0.1, 0.15) is 6.04 Å². The number of amides is 2. The fourth-order valence-electron chi connectivity index (χ4n) is 1.83. The minimum absolute atomic E-state index is 0.0420. The van der Waals surface area contributed by atoms with Crippen LogP contribution in [0.2, 0.25) is 0 Å². The van der Waals surface area contributed by atoms with Gasteiger partial charge < -0.3 is 10.6 Å². The maximum absolute atomic E-state index is 12.1. The number of likely N-dealkylation sites (N-methyl/N-ethyl adjacent to an activating group) is 1. The Labute approximate surface area is 114 Å². The monoisotopic (exact) mass is 262 g/mol. The number of hydrogen-bond acceptors (Lipinski definition) is 2. The molecule has 104 valence electrons. The van der Waals surface area contributed by atoms with Crippen LogP contribution in [-0.4, -0.2) is 24.4 Å². The van der Waals surface area contributed by atoms with Crippen LogP contribution < -0.4 is 10.6 Å². The molecule has 0 bridgehead atoms. The maximum Gasteiger partial charge on any atom is 0.251 e. The second-order valence-corrected chi connectivity index (χ2v) is 4.96. The molecule has 0 saturated carbocycles. The van der Waals surface area contributed by atoms with E-state index in [4.69, 9.17) is 0 Å². The van der Waals surface area contributed by atoms with Crippen LogP contribution in [0.5, 0.6) is 0 Å². The lowest BCUT2D eigenvalue weighted by Gasteiger charge is -2.21. The van der Waals surface area contributed by atoms with Crippen LogP contribution in [0.25, 0.3) is 0 Å². The Morgan fingerprint density at radius 1 is 1.26 bits per heavy atom. The Kier molecular flexibility index (Phi) is 5.55. The summed E-state index contributed by atoms with van der Waals surface area (Å²) in [5.74, 6) is -0.313. The van der Waals surface area contributed by atoms with E-state index in [-0.39, 0.29) is 17.7 Å². The molecule has 0 aliphatic rings. The van der Waals surface area contributed by atoms with Gasteiger partial charge in [0.25, 0.3) is 5.91 Å². The zero-order valence-corrected chi connectivity index (χ0v) is 12.0. The molecular formula is C15H22N2O2. The third kappa shape index (κ3) is 4.39. The van der Waals surface area contributed by atoms with Gasteiger partial charge in [-0.3, -0.25) is 9.59 Å². The summed E-state index contributed by atoms with van der Waals surface area (Å²) in [6, 6.07) is 6.82. The van der Waals surface area contributed by atoms with E-state index in [1.165, 1.54) is 0 Å². The lowest BCUT2D eigenvalue weighted by Crippen LogP contribution is -2.49. The largest absolute Gasteiger partial charge is 0.355 e. The fourth-order valence-corrected chi connectivity index (χ4v) is 1.83. The molecule has 2 amide bonds. The molecule has 0 fully saturated rings. The van der Waals surface area contributed by atoms with Crippen LogP contribution in [-0.2, 0) is 4.79 Å². The topological polar surface area (TPSA) is 58.2 Å². The van der Waals surface area contributed by atoms with Crippen molar-refractivity contribution in [3.05, 3.63) is 35.4 Å². The third-order valence-corrected chi connectivity index (χ3v) is 2.87. The van der Waals surface area contributed by atoms with Gasteiger partial charge in [0.15, 0.2) is 0 Å². The van der Waals surface area contributed by atoms with E-state index in [0.717, 1.165) is 5.56 Å². The lowest BCUT2D eigenvalue weighted by atomic mass is 10.0. The molecule has 0 aliphatic heterocycles.